The number of rotatable bonds is 6. The zero-order chi connectivity index (χ0) is 19.5. The molecule has 0 saturated heterocycles. The number of para-hydroxylation sites is 1. The fraction of sp³-hybridized carbons (Fsp3) is 0.182. The highest BCUT2D eigenvalue weighted by Gasteiger charge is 2.22. The van der Waals surface area contributed by atoms with Crippen molar-refractivity contribution in [2.75, 3.05) is 11.5 Å². The Morgan fingerprint density at radius 1 is 1.11 bits per heavy atom. The molecule has 0 aliphatic carbocycles. The number of carbonyl (C=O) groups excluding carboxylic acids is 1. The van der Waals surface area contributed by atoms with Crippen molar-refractivity contribution in [1.82, 2.24) is 4.98 Å². The van der Waals surface area contributed by atoms with Gasteiger partial charge in [-0.15, -0.1) is 0 Å². The topological polar surface area (TPSA) is 55.6 Å². The van der Waals surface area contributed by atoms with Crippen molar-refractivity contribution in [3.05, 3.63) is 77.7 Å². The Bertz CT molecular complexity index is 1050. The third-order valence-corrected chi connectivity index (χ3v) is 5.57. The highest BCUT2D eigenvalue weighted by molar-refractivity contribution is 7.22. The van der Waals surface area contributed by atoms with Gasteiger partial charge in [0.25, 0.3) is 5.91 Å². The first-order valence-corrected chi connectivity index (χ1v) is 9.80. The van der Waals surface area contributed by atoms with Gasteiger partial charge in [0.1, 0.15) is 11.5 Å². The number of thiazole rings is 1. The number of carbonyl (C=O) groups is 1. The van der Waals surface area contributed by atoms with E-state index in [4.69, 9.17) is 14.1 Å². The maximum absolute atomic E-state index is 13.0. The summed E-state index contributed by atoms with van der Waals surface area (Å²) in [6, 6.07) is 17.1. The first kappa shape index (κ1) is 18.3. The number of aromatic nitrogens is 1. The third-order valence-electron chi connectivity index (χ3n) is 4.52. The summed E-state index contributed by atoms with van der Waals surface area (Å²) in [6.45, 7) is 4.38. The van der Waals surface area contributed by atoms with Gasteiger partial charge >= 0.3 is 0 Å². The second kappa shape index (κ2) is 7.86. The van der Waals surface area contributed by atoms with E-state index in [1.807, 2.05) is 42.5 Å². The molecule has 28 heavy (non-hydrogen) atoms. The molecule has 142 valence electrons. The van der Waals surface area contributed by atoms with Crippen LogP contribution in [-0.4, -0.2) is 17.5 Å². The molecule has 2 heterocycles. The van der Waals surface area contributed by atoms with Gasteiger partial charge in [-0.1, -0.05) is 29.5 Å². The molecule has 0 unspecified atom stereocenters. The van der Waals surface area contributed by atoms with E-state index in [1.165, 1.54) is 22.5 Å². The Labute approximate surface area is 167 Å². The van der Waals surface area contributed by atoms with E-state index in [0.29, 0.717) is 23.2 Å². The molecule has 5 nitrogen and oxygen atoms in total. The van der Waals surface area contributed by atoms with Gasteiger partial charge in [0.2, 0.25) is 0 Å². The second-order valence-electron chi connectivity index (χ2n) is 6.56. The van der Waals surface area contributed by atoms with E-state index in [-0.39, 0.29) is 12.5 Å². The van der Waals surface area contributed by atoms with Crippen molar-refractivity contribution in [2.45, 2.75) is 20.4 Å². The fourth-order valence-electron chi connectivity index (χ4n) is 2.84. The number of benzene rings is 2. The van der Waals surface area contributed by atoms with Gasteiger partial charge in [0.15, 0.2) is 11.7 Å². The standard InChI is InChI=1S/C22H20N2O3S/c1-15-11-19-20(12-16(15)2)28-22(23-19)24(13-18-9-6-10-26-18)21(25)14-27-17-7-4-3-5-8-17/h3-12H,13-14H2,1-2H3. The molecule has 0 bridgehead atoms. The van der Waals surface area contributed by atoms with Gasteiger partial charge in [0, 0.05) is 0 Å². The lowest BCUT2D eigenvalue weighted by Gasteiger charge is -2.19. The number of fused-ring (bicyclic) bond motifs is 1. The van der Waals surface area contributed by atoms with Crippen LogP contribution in [0.15, 0.2) is 65.3 Å². The van der Waals surface area contributed by atoms with Crippen LogP contribution in [0, 0.1) is 13.8 Å². The number of furan rings is 1. The molecule has 0 aliphatic heterocycles. The predicted octanol–water partition coefficient (Wildman–Crippen LogP) is 5.12. The minimum Gasteiger partial charge on any atom is -0.484 e. The SMILES string of the molecule is Cc1cc2nc(N(Cc3ccco3)C(=O)COc3ccccc3)sc2cc1C. The highest BCUT2D eigenvalue weighted by Crippen LogP contribution is 2.32. The summed E-state index contributed by atoms with van der Waals surface area (Å²) in [5.74, 6) is 1.18. The fourth-order valence-corrected chi connectivity index (χ4v) is 3.91. The van der Waals surface area contributed by atoms with Gasteiger partial charge < -0.3 is 9.15 Å². The Morgan fingerprint density at radius 2 is 1.89 bits per heavy atom. The highest BCUT2D eigenvalue weighted by atomic mass is 32.1. The van der Waals surface area contributed by atoms with Crippen LogP contribution in [-0.2, 0) is 11.3 Å². The summed E-state index contributed by atoms with van der Waals surface area (Å²) < 4.78 is 12.2. The molecule has 0 N–H and O–H groups in total. The van der Waals surface area contributed by atoms with E-state index in [1.54, 1.807) is 11.2 Å². The van der Waals surface area contributed by atoms with Crippen LogP contribution in [0.4, 0.5) is 5.13 Å². The monoisotopic (exact) mass is 392 g/mol. The Balaban J connectivity index is 1.62. The summed E-state index contributed by atoms with van der Waals surface area (Å²) in [7, 11) is 0. The molecule has 6 heteroatoms. The zero-order valence-electron chi connectivity index (χ0n) is 15.7. The van der Waals surface area contributed by atoms with Gasteiger partial charge in [-0.25, -0.2) is 4.98 Å². The smallest absolute Gasteiger partial charge is 0.267 e. The minimum atomic E-state index is -0.173. The molecule has 0 saturated carbocycles. The lowest BCUT2D eigenvalue weighted by Crippen LogP contribution is -2.34. The molecule has 0 atom stereocenters. The Kier molecular flexibility index (Phi) is 5.12. The number of hydrogen-bond acceptors (Lipinski definition) is 5. The van der Waals surface area contributed by atoms with E-state index < -0.39 is 0 Å². The van der Waals surface area contributed by atoms with Crippen LogP contribution in [0.25, 0.3) is 10.2 Å². The quantitative estimate of drug-likeness (QED) is 0.457. The average molecular weight is 392 g/mol. The predicted molar refractivity (Wildman–Crippen MR) is 111 cm³/mol. The average Bonchev–Trinajstić information content (AvgIpc) is 3.35. The number of ether oxygens (including phenoxy) is 1. The molecule has 1 amide bonds. The number of anilines is 1. The van der Waals surface area contributed by atoms with Crippen molar-refractivity contribution in [3.8, 4) is 5.75 Å². The van der Waals surface area contributed by atoms with E-state index in [2.05, 4.69) is 26.0 Å². The zero-order valence-corrected chi connectivity index (χ0v) is 16.5. The van der Waals surface area contributed by atoms with Gasteiger partial charge in [-0.3, -0.25) is 9.69 Å². The van der Waals surface area contributed by atoms with Crippen molar-refractivity contribution >= 4 is 32.6 Å². The largest absolute Gasteiger partial charge is 0.484 e. The number of aryl methyl sites for hydroxylation is 2. The maximum Gasteiger partial charge on any atom is 0.267 e. The lowest BCUT2D eigenvalue weighted by atomic mass is 10.1. The van der Waals surface area contributed by atoms with Gasteiger partial charge in [-0.2, -0.15) is 0 Å². The number of nitrogens with zero attached hydrogens (tertiary/aromatic N) is 2. The summed E-state index contributed by atoms with van der Waals surface area (Å²) in [4.78, 5) is 19.3. The van der Waals surface area contributed by atoms with E-state index in [9.17, 15) is 4.79 Å². The number of hydrogen-bond donors (Lipinski definition) is 0. The van der Waals surface area contributed by atoms with Crippen LogP contribution >= 0.6 is 11.3 Å². The van der Waals surface area contributed by atoms with E-state index >= 15 is 0 Å². The molecule has 2 aromatic carbocycles. The third kappa shape index (κ3) is 3.92. The first-order chi connectivity index (χ1) is 13.6. The lowest BCUT2D eigenvalue weighted by molar-refractivity contribution is -0.120. The first-order valence-electron chi connectivity index (χ1n) is 8.98. The molecule has 2 aromatic heterocycles. The van der Waals surface area contributed by atoms with Crippen LogP contribution in [0.1, 0.15) is 16.9 Å². The summed E-state index contributed by atoms with van der Waals surface area (Å²) in [6.07, 6.45) is 1.60. The normalized spacial score (nSPS) is 10.9. The van der Waals surface area contributed by atoms with E-state index in [0.717, 1.165) is 10.2 Å². The van der Waals surface area contributed by atoms with Crippen LogP contribution in [0.2, 0.25) is 0 Å². The van der Waals surface area contributed by atoms with Gasteiger partial charge in [0.05, 0.1) is 23.0 Å². The Morgan fingerprint density at radius 3 is 2.64 bits per heavy atom. The Hall–Kier alpha value is -3.12. The van der Waals surface area contributed by atoms with Gasteiger partial charge in [-0.05, 0) is 61.4 Å². The molecular formula is C22H20N2O3S. The molecule has 0 spiro atoms. The molecular weight excluding hydrogens is 372 g/mol. The minimum absolute atomic E-state index is 0.0707. The molecule has 4 rings (SSSR count). The second-order valence-corrected chi connectivity index (χ2v) is 7.57. The van der Waals surface area contributed by atoms with Crippen molar-refractivity contribution in [3.63, 3.8) is 0 Å². The molecule has 0 aliphatic rings. The summed E-state index contributed by atoms with van der Waals surface area (Å²) in [5, 5.41) is 0.637. The maximum atomic E-state index is 13.0. The molecule has 0 radical (unpaired) electrons. The number of amides is 1. The van der Waals surface area contributed by atoms with Crippen molar-refractivity contribution in [1.29, 1.82) is 0 Å². The molecule has 4 aromatic rings. The van der Waals surface area contributed by atoms with Crippen LogP contribution in [0.3, 0.4) is 0 Å². The van der Waals surface area contributed by atoms with Crippen LogP contribution in [0.5, 0.6) is 5.75 Å². The summed E-state index contributed by atoms with van der Waals surface area (Å²) >= 11 is 1.50. The van der Waals surface area contributed by atoms with Crippen LogP contribution < -0.4 is 9.64 Å². The molecule has 0 fully saturated rings. The van der Waals surface area contributed by atoms with Crippen molar-refractivity contribution < 1.29 is 13.9 Å². The van der Waals surface area contributed by atoms with Crippen molar-refractivity contribution in [2.24, 2.45) is 0 Å². The summed E-state index contributed by atoms with van der Waals surface area (Å²) in [5.41, 5.74) is 3.28.